The van der Waals surface area contributed by atoms with E-state index in [4.69, 9.17) is 0 Å². The normalized spacial score (nSPS) is 14.9. The van der Waals surface area contributed by atoms with Crippen LogP contribution < -0.4 is 11.0 Å². The molecule has 18 heavy (non-hydrogen) atoms. The third kappa shape index (κ3) is 2.30. The monoisotopic (exact) mass is 245 g/mol. The minimum Gasteiger partial charge on any atom is -0.356 e. The van der Waals surface area contributed by atoms with Gasteiger partial charge < -0.3 is 15.3 Å². The van der Waals surface area contributed by atoms with E-state index in [-0.39, 0.29) is 17.5 Å². The molecule has 1 aromatic heterocycles. The zero-order valence-corrected chi connectivity index (χ0v) is 9.95. The average Bonchev–Trinajstić information content (AvgIpc) is 3.11. The smallest absolute Gasteiger partial charge is 0.323 e. The van der Waals surface area contributed by atoms with E-state index in [0.717, 1.165) is 35.9 Å². The van der Waals surface area contributed by atoms with Crippen molar-refractivity contribution in [1.29, 1.82) is 0 Å². The molecule has 1 amide bonds. The number of hydrogen-bond acceptors (Lipinski definition) is 2. The lowest BCUT2D eigenvalue weighted by molar-refractivity contribution is -0.122. The predicted molar refractivity (Wildman–Crippen MR) is 68.4 cm³/mol. The van der Waals surface area contributed by atoms with Gasteiger partial charge in [0.25, 0.3) is 0 Å². The summed E-state index contributed by atoms with van der Waals surface area (Å²) in [4.78, 5) is 28.0. The van der Waals surface area contributed by atoms with E-state index in [1.165, 1.54) is 0 Å². The molecule has 5 nitrogen and oxygen atoms in total. The molecule has 1 saturated carbocycles. The van der Waals surface area contributed by atoms with Crippen molar-refractivity contribution < 1.29 is 4.79 Å². The molecule has 1 aliphatic rings. The second-order valence-electron chi connectivity index (χ2n) is 4.77. The van der Waals surface area contributed by atoms with Crippen LogP contribution in [0.15, 0.2) is 23.0 Å². The van der Waals surface area contributed by atoms with Gasteiger partial charge in [-0.05, 0) is 37.0 Å². The fourth-order valence-electron chi connectivity index (χ4n) is 2.06. The van der Waals surface area contributed by atoms with Crippen molar-refractivity contribution in [3.8, 4) is 0 Å². The molecule has 5 heteroatoms. The maximum absolute atomic E-state index is 11.4. The number of rotatable bonds is 4. The topological polar surface area (TPSA) is 77.8 Å². The molecule has 2 aromatic rings. The lowest BCUT2D eigenvalue weighted by atomic mass is 10.1. The average molecular weight is 245 g/mol. The Morgan fingerprint density at radius 2 is 2.06 bits per heavy atom. The highest BCUT2D eigenvalue weighted by atomic mass is 16.2. The van der Waals surface area contributed by atoms with E-state index in [2.05, 4.69) is 15.3 Å². The van der Waals surface area contributed by atoms with Gasteiger partial charge in [-0.15, -0.1) is 0 Å². The molecule has 0 atom stereocenters. The van der Waals surface area contributed by atoms with Crippen LogP contribution in [0.5, 0.6) is 0 Å². The summed E-state index contributed by atoms with van der Waals surface area (Å²) in [6.45, 7) is 0.648. The molecule has 0 saturated heterocycles. The van der Waals surface area contributed by atoms with E-state index in [1.807, 2.05) is 18.2 Å². The van der Waals surface area contributed by atoms with Gasteiger partial charge in [0.1, 0.15) is 0 Å². The molecule has 3 rings (SSSR count). The van der Waals surface area contributed by atoms with Crippen LogP contribution in [0, 0.1) is 5.92 Å². The van der Waals surface area contributed by atoms with Gasteiger partial charge in [-0.3, -0.25) is 4.79 Å². The number of hydrogen-bond donors (Lipinski definition) is 3. The SMILES string of the molecule is O=C(NCCc1ccc2[nH]c(=O)[nH]c2c1)C1CC1. The molecule has 1 heterocycles. The first-order chi connectivity index (χ1) is 8.72. The minimum atomic E-state index is -0.191. The summed E-state index contributed by atoms with van der Waals surface area (Å²) in [5.74, 6) is 0.430. The summed E-state index contributed by atoms with van der Waals surface area (Å²) in [6, 6.07) is 5.79. The van der Waals surface area contributed by atoms with Crippen LogP contribution >= 0.6 is 0 Å². The Labute approximate surface area is 104 Å². The van der Waals surface area contributed by atoms with Crippen LogP contribution in [0.2, 0.25) is 0 Å². The second-order valence-corrected chi connectivity index (χ2v) is 4.77. The number of carbonyl (C=O) groups is 1. The molecule has 0 bridgehead atoms. The van der Waals surface area contributed by atoms with Gasteiger partial charge in [-0.2, -0.15) is 0 Å². The van der Waals surface area contributed by atoms with Crippen molar-refractivity contribution in [2.45, 2.75) is 19.3 Å². The standard InChI is InChI=1S/C13H15N3O2/c17-12(9-2-3-9)14-6-5-8-1-4-10-11(7-8)16-13(18)15-10/h1,4,7,9H,2-3,5-6H2,(H,14,17)(H2,15,16,18). The van der Waals surface area contributed by atoms with Crippen molar-refractivity contribution in [2.75, 3.05) is 6.54 Å². The van der Waals surface area contributed by atoms with Crippen molar-refractivity contribution in [3.63, 3.8) is 0 Å². The zero-order chi connectivity index (χ0) is 12.5. The zero-order valence-electron chi connectivity index (χ0n) is 9.95. The third-order valence-corrected chi connectivity index (χ3v) is 3.24. The summed E-state index contributed by atoms with van der Waals surface area (Å²) in [7, 11) is 0. The molecule has 0 radical (unpaired) electrons. The molecule has 1 aliphatic carbocycles. The van der Waals surface area contributed by atoms with Gasteiger partial charge in [0.15, 0.2) is 0 Å². The van der Waals surface area contributed by atoms with Crippen LogP contribution in [-0.4, -0.2) is 22.4 Å². The number of H-pyrrole nitrogens is 2. The molecule has 0 unspecified atom stereocenters. The highest BCUT2D eigenvalue weighted by Crippen LogP contribution is 2.28. The molecular formula is C13H15N3O2. The number of aromatic nitrogens is 2. The summed E-state index contributed by atoms with van der Waals surface area (Å²) in [5.41, 5.74) is 2.54. The Morgan fingerprint density at radius 1 is 1.28 bits per heavy atom. The summed E-state index contributed by atoms with van der Waals surface area (Å²) < 4.78 is 0. The number of amides is 1. The largest absolute Gasteiger partial charge is 0.356 e. The van der Waals surface area contributed by atoms with Gasteiger partial charge in [-0.25, -0.2) is 4.79 Å². The Kier molecular flexibility index (Phi) is 2.66. The lowest BCUT2D eigenvalue weighted by Crippen LogP contribution is -2.26. The quantitative estimate of drug-likeness (QED) is 0.749. The third-order valence-electron chi connectivity index (χ3n) is 3.24. The maximum atomic E-state index is 11.4. The number of fused-ring (bicyclic) bond motifs is 1. The number of aromatic amines is 2. The summed E-state index contributed by atoms with van der Waals surface area (Å²) in [5, 5.41) is 2.93. The lowest BCUT2D eigenvalue weighted by Gasteiger charge is -2.04. The first-order valence-corrected chi connectivity index (χ1v) is 6.21. The maximum Gasteiger partial charge on any atom is 0.323 e. The summed E-state index contributed by atoms with van der Waals surface area (Å²) >= 11 is 0. The van der Waals surface area contributed by atoms with Gasteiger partial charge >= 0.3 is 5.69 Å². The minimum absolute atomic E-state index is 0.172. The molecule has 1 aromatic carbocycles. The van der Waals surface area contributed by atoms with Gasteiger partial charge in [0.05, 0.1) is 11.0 Å². The molecule has 1 fully saturated rings. The van der Waals surface area contributed by atoms with Crippen LogP contribution in [0.3, 0.4) is 0 Å². The molecule has 0 aliphatic heterocycles. The molecule has 0 spiro atoms. The van der Waals surface area contributed by atoms with Crippen LogP contribution in [0.4, 0.5) is 0 Å². The Hall–Kier alpha value is -2.04. The van der Waals surface area contributed by atoms with Crippen molar-refractivity contribution >= 4 is 16.9 Å². The van der Waals surface area contributed by atoms with Crippen LogP contribution in [0.25, 0.3) is 11.0 Å². The molecule has 3 N–H and O–H groups in total. The number of carbonyl (C=O) groups excluding carboxylic acids is 1. The highest BCUT2D eigenvalue weighted by Gasteiger charge is 2.28. The van der Waals surface area contributed by atoms with Crippen molar-refractivity contribution in [3.05, 3.63) is 34.2 Å². The van der Waals surface area contributed by atoms with Gasteiger partial charge in [0, 0.05) is 12.5 Å². The van der Waals surface area contributed by atoms with E-state index < -0.39 is 0 Å². The number of benzene rings is 1. The van der Waals surface area contributed by atoms with Crippen molar-refractivity contribution in [1.82, 2.24) is 15.3 Å². The Morgan fingerprint density at radius 3 is 2.83 bits per heavy atom. The Balaban J connectivity index is 1.63. The molecular weight excluding hydrogens is 230 g/mol. The van der Waals surface area contributed by atoms with Crippen molar-refractivity contribution in [2.24, 2.45) is 5.92 Å². The van der Waals surface area contributed by atoms with E-state index in [9.17, 15) is 9.59 Å². The van der Waals surface area contributed by atoms with Crippen LogP contribution in [0.1, 0.15) is 18.4 Å². The number of imidazole rings is 1. The number of nitrogens with one attached hydrogen (secondary N) is 3. The second kappa shape index (κ2) is 4.33. The highest BCUT2D eigenvalue weighted by molar-refractivity contribution is 5.80. The van der Waals surface area contributed by atoms with Gasteiger partial charge in [-0.1, -0.05) is 6.07 Å². The van der Waals surface area contributed by atoms with E-state index >= 15 is 0 Å². The fraction of sp³-hybridized carbons (Fsp3) is 0.385. The summed E-state index contributed by atoms with van der Waals surface area (Å²) in [6.07, 6.45) is 2.84. The predicted octanol–water partition coefficient (Wildman–Crippen LogP) is 0.925. The molecule has 94 valence electrons. The fourth-order valence-corrected chi connectivity index (χ4v) is 2.06. The van der Waals surface area contributed by atoms with Crippen LogP contribution in [-0.2, 0) is 11.2 Å². The first-order valence-electron chi connectivity index (χ1n) is 6.21. The van der Waals surface area contributed by atoms with E-state index in [1.54, 1.807) is 0 Å². The Bertz CT molecular complexity index is 637. The van der Waals surface area contributed by atoms with E-state index in [0.29, 0.717) is 6.54 Å². The van der Waals surface area contributed by atoms with Gasteiger partial charge in [0.2, 0.25) is 5.91 Å². The first kappa shape index (κ1) is 11.1.